The molecular weight excluding hydrogens is 316 g/mol. The van der Waals surface area contributed by atoms with Crippen molar-refractivity contribution in [2.45, 2.75) is 13.5 Å². The van der Waals surface area contributed by atoms with Crippen molar-refractivity contribution in [1.82, 2.24) is 20.1 Å². The average Bonchev–Trinajstić information content (AvgIpc) is 2.43. The summed E-state index contributed by atoms with van der Waals surface area (Å²) < 4.78 is 2.82. The smallest absolute Gasteiger partial charge is 0.229 e. The molecule has 1 aromatic rings. The Kier molecular flexibility index (Phi) is 2.38. The number of hydrogen-bond donors (Lipinski definition) is 1. The van der Waals surface area contributed by atoms with Crippen LogP contribution in [0.1, 0.15) is 6.92 Å². The monoisotopic (exact) mass is 322 g/mol. The Morgan fingerprint density at radius 3 is 2.71 bits per heavy atom. The van der Waals surface area contributed by atoms with Crippen LogP contribution in [-0.2, 0) is 11.3 Å². The Bertz CT molecular complexity index is 391. The van der Waals surface area contributed by atoms with Crippen molar-refractivity contribution >= 4 is 37.8 Å². The molecule has 0 aliphatic carbocycles. The zero-order chi connectivity index (χ0) is 10.3. The highest BCUT2D eigenvalue weighted by molar-refractivity contribution is 9.11. The van der Waals surface area contributed by atoms with Gasteiger partial charge in [0.15, 0.2) is 4.73 Å². The Balaban J connectivity index is 2.18. The molecule has 1 atom stereocenters. The van der Waals surface area contributed by atoms with E-state index in [0.717, 1.165) is 0 Å². The Labute approximate surface area is 97.5 Å². The van der Waals surface area contributed by atoms with E-state index in [4.69, 9.17) is 0 Å². The van der Waals surface area contributed by atoms with E-state index in [1.54, 1.807) is 4.68 Å². The number of amides is 1. The minimum atomic E-state index is -0.352. The van der Waals surface area contributed by atoms with Gasteiger partial charge in [-0.2, -0.15) is 4.98 Å². The van der Waals surface area contributed by atoms with Crippen LogP contribution in [-0.4, -0.2) is 27.2 Å². The van der Waals surface area contributed by atoms with E-state index in [0.29, 0.717) is 22.6 Å². The lowest BCUT2D eigenvalue weighted by Gasteiger charge is -2.37. The van der Waals surface area contributed by atoms with Crippen molar-refractivity contribution in [3.63, 3.8) is 0 Å². The molecule has 0 saturated carbocycles. The van der Waals surface area contributed by atoms with E-state index < -0.39 is 0 Å². The lowest BCUT2D eigenvalue weighted by Crippen LogP contribution is -2.59. The third-order valence-electron chi connectivity index (χ3n) is 2.29. The number of nitrogens with zero attached hydrogens (tertiary/aromatic N) is 3. The summed E-state index contributed by atoms with van der Waals surface area (Å²) in [7, 11) is 0. The summed E-state index contributed by atoms with van der Waals surface area (Å²) in [6.07, 6.45) is 0. The van der Waals surface area contributed by atoms with Gasteiger partial charge in [-0.05, 0) is 38.8 Å². The number of carbonyl (C=O) groups excluding carboxylic acids is 1. The summed E-state index contributed by atoms with van der Waals surface area (Å²) in [6.45, 7) is 3.14. The lowest BCUT2D eigenvalue weighted by molar-refractivity contribution is -0.139. The number of hydrogen-bond acceptors (Lipinski definition) is 3. The predicted molar refractivity (Wildman–Crippen MR) is 56.5 cm³/mol. The highest BCUT2D eigenvalue weighted by atomic mass is 79.9. The quantitative estimate of drug-likeness (QED) is 0.824. The molecule has 76 valence electrons. The maximum Gasteiger partial charge on any atom is 0.229 e. The van der Waals surface area contributed by atoms with Crippen LogP contribution in [0.25, 0.3) is 0 Å². The van der Waals surface area contributed by atoms with Gasteiger partial charge in [0.05, 0.1) is 12.0 Å². The second kappa shape index (κ2) is 3.30. The van der Waals surface area contributed by atoms with Gasteiger partial charge < -0.3 is 5.32 Å². The number of rotatable bonds is 2. The average molecular weight is 324 g/mol. The number of β-lactam (4-membered cyclic amide) rings is 1. The van der Waals surface area contributed by atoms with Crippen LogP contribution in [0.2, 0.25) is 0 Å². The SMILES string of the molecule is CC1(Cn2nc(Br)nc2Br)CNC1=O. The molecule has 7 heteroatoms. The van der Waals surface area contributed by atoms with Crippen molar-refractivity contribution in [3.05, 3.63) is 9.47 Å². The number of nitrogens with one attached hydrogen (secondary N) is 1. The third-order valence-corrected chi connectivity index (χ3v) is 3.21. The van der Waals surface area contributed by atoms with Gasteiger partial charge in [0.1, 0.15) is 0 Å². The van der Waals surface area contributed by atoms with Gasteiger partial charge in [-0.25, -0.2) is 4.68 Å². The summed E-state index contributed by atoms with van der Waals surface area (Å²) in [5, 5.41) is 6.83. The van der Waals surface area contributed by atoms with E-state index in [-0.39, 0.29) is 11.3 Å². The molecule has 1 amide bonds. The molecule has 1 unspecified atom stereocenters. The van der Waals surface area contributed by atoms with Crippen LogP contribution in [0.5, 0.6) is 0 Å². The first kappa shape index (κ1) is 10.1. The molecule has 5 nitrogen and oxygen atoms in total. The van der Waals surface area contributed by atoms with Crippen molar-refractivity contribution in [2.24, 2.45) is 5.41 Å². The van der Waals surface area contributed by atoms with E-state index in [1.165, 1.54) is 0 Å². The molecule has 2 heterocycles. The number of halogens is 2. The predicted octanol–water partition coefficient (Wildman–Crippen LogP) is 0.939. The molecule has 2 rings (SSSR count). The summed E-state index contributed by atoms with van der Waals surface area (Å²) in [5.41, 5.74) is -0.352. The molecular formula is C7H8Br2N4O. The minimum Gasteiger partial charge on any atom is -0.354 e. The van der Waals surface area contributed by atoms with Gasteiger partial charge in [-0.1, -0.05) is 0 Å². The van der Waals surface area contributed by atoms with Gasteiger partial charge in [0, 0.05) is 6.54 Å². The summed E-state index contributed by atoms with van der Waals surface area (Å²) in [6, 6.07) is 0. The Morgan fingerprint density at radius 2 is 2.36 bits per heavy atom. The first-order valence-electron chi connectivity index (χ1n) is 4.05. The summed E-state index contributed by atoms with van der Waals surface area (Å²) in [4.78, 5) is 15.3. The van der Waals surface area contributed by atoms with Crippen LogP contribution < -0.4 is 5.32 Å². The molecule has 0 radical (unpaired) electrons. The third kappa shape index (κ3) is 1.58. The van der Waals surface area contributed by atoms with Gasteiger partial charge in [-0.3, -0.25) is 4.79 Å². The minimum absolute atomic E-state index is 0.0658. The molecule has 1 aliphatic heterocycles. The van der Waals surface area contributed by atoms with Crippen LogP contribution in [0.4, 0.5) is 0 Å². The largest absolute Gasteiger partial charge is 0.354 e. The second-order valence-corrected chi connectivity index (χ2v) is 4.97. The van der Waals surface area contributed by atoms with Crippen molar-refractivity contribution in [3.8, 4) is 0 Å². The zero-order valence-electron chi connectivity index (χ0n) is 7.42. The fourth-order valence-electron chi connectivity index (χ4n) is 1.32. The second-order valence-electron chi connectivity index (χ2n) is 3.55. The van der Waals surface area contributed by atoms with Crippen LogP contribution in [0, 0.1) is 5.41 Å². The Hall–Kier alpha value is -0.430. The van der Waals surface area contributed by atoms with Crippen LogP contribution in [0.15, 0.2) is 9.47 Å². The van der Waals surface area contributed by atoms with Crippen LogP contribution >= 0.6 is 31.9 Å². The molecule has 1 saturated heterocycles. The van der Waals surface area contributed by atoms with Crippen LogP contribution in [0.3, 0.4) is 0 Å². The highest BCUT2D eigenvalue weighted by Crippen LogP contribution is 2.26. The summed E-state index contributed by atoms with van der Waals surface area (Å²) >= 11 is 6.44. The summed E-state index contributed by atoms with van der Waals surface area (Å²) in [5.74, 6) is 0.0658. The molecule has 0 aromatic carbocycles. The maximum absolute atomic E-state index is 11.3. The van der Waals surface area contributed by atoms with E-state index >= 15 is 0 Å². The molecule has 0 bridgehead atoms. The number of aromatic nitrogens is 3. The van der Waals surface area contributed by atoms with Crippen molar-refractivity contribution in [1.29, 1.82) is 0 Å². The van der Waals surface area contributed by atoms with Gasteiger partial charge in [0.25, 0.3) is 0 Å². The molecule has 1 aromatic heterocycles. The molecule has 0 spiro atoms. The molecule has 1 fully saturated rings. The maximum atomic E-state index is 11.3. The van der Waals surface area contributed by atoms with Gasteiger partial charge in [-0.15, -0.1) is 5.10 Å². The van der Waals surface area contributed by atoms with Crippen molar-refractivity contribution < 1.29 is 4.79 Å². The molecule has 1 aliphatic rings. The van der Waals surface area contributed by atoms with Gasteiger partial charge >= 0.3 is 0 Å². The Morgan fingerprint density at radius 1 is 1.64 bits per heavy atom. The van der Waals surface area contributed by atoms with Crippen molar-refractivity contribution in [2.75, 3.05) is 6.54 Å². The highest BCUT2D eigenvalue weighted by Gasteiger charge is 2.42. The fraction of sp³-hybridized carbons (Fsp3) is 0.571. The molecule has 1 N–H and O–H groups in total. The zero-order valence-corrected chi connectivity index (χ0v) is 10.6. The van der Waals surface area contributed by atoms with E-state index in [1.807, 2.05) is 6.92 Å². The van der Waals surface area contributed by atoms with Gasteiger partial charge in [0.2, 0.25) is 10.6 Å². The number of carbonyl (C=O) groups is 1. The standard InChI is InChI=1S/C7H8Br2N4O/c1-7(2-10-4(7)14)3-13-6(9)11-5(8)12-13/h2-3H2,1H3,(H,10,14). The first-order chi connectivity index (χ1) is 6.51. The van der Waals surface area contributed by atoms with E-state index in [9.17, 15) is 4.79 Å². The van der Waals surface area contributed by atoms with E-state index in [2.05, 4.69) is 47.3 Å². The first-order valence-corrected chi connectivity index (χ1v) is 5.64. The fourth-order valence-corrected chi connectivity index (χ4v) is 2.29. The lowest BCUT2D eigenvalue weighted by atomic mass is 9.83. The topological polar surface area (TPSA) is 59.8 Å². The normalized spacial score (nSPS) is 25.8. The molecule has 14 heavy (non-hydrogen) atoms.